The van der Waals surface area contributed by atoms with Gasteiger partial charge in [0.05, 0.1) is 38.3 Å². The third-order valence-electron chi connectivity index (χ3n) is 11.1. The van der Waals surface area contributed by atoms with Crippen molar-refractivity contribution in [1.29, 1.82) is 0 Å². The Hall–Kier alpha value is -4.25. The zero-order valence-electron chi connectivity index (χ0n) is 33.2. The lowest BCUT2D eigenvalue weighted by Crippen LogP contribution is -2.39. The average Bonchev–Trinajstić information content (AvgIpc) is 3.83. The smallest absolute Gasteiger partial charge is 0.367 e. The van der Waals surface area contributed by atoms with Crippen LogP contribution in [0, 0.1) is 0 Å². The Morgan fingerprint density at radius 2 is 1.13 bits per heavy atom. The summed E-state index contributed by atoms with van der Waals surface area (Å²) in [5.74, 6) is 1.76. The van der Waals surface area contributed by atoms with Gasteiger partial charge in [-0.1, -0.05) is 84.7 Å². The Bertz CT molecular complexity index is 2620. The molecule has 0 amide bonds. The summed E-state index contributed by atoms with van der Waals surface area (Å²) >= 11 is 19.9. The Morgan fingerprint density at radius 3 is 1.59 bits per heavy atom. The number of piperidine rings is 2. The molecule has 61 heavy (non-hydrogen) atoms. The number of alkyl halides is 3. The highest BCUT2D eigenvalue weighted by Crippen LogP contribution is 2.34. The van der Waals surface area contributed by atoms with Crippen LogP contribution in [0.1, 0.15) is 43.7 Å². The van der Waals surface area contributed by atoms with Crippen molar-refractivity contribution >= 4 is 78.0 Å². The maximum absolute atomic E-state index is 13.0. The van der Waals surface area contributed by atoms with Gasteiger partial charge in [-0.2, -0.15) is 32.4 Å². The number of nitrogens with one attached hydrogen (secondary N) is 2. The van der Waals surface area contributed by atoms with E-state index in [2.05, 4.69) is 69.4 Å². The first-order valence-electron chi connectivity index (χ1n) is 20.2. The van der Waals surface area contributed by atoms with Gasteiger partial charge in [-0.15, -0.1) is 0 Å². The lowest BCUT2D eigenvalue weighted by Gasteiger charge is -2.33. The number of anilines is 2. The molecule has 0 bridgehead atoms. The Labute approximate surface area is 378 Å². The SMILES string of the molecule is CCN1CCC(Nc2cc(-c3ccccc3Cl)nc3c(Br)cnn23)CC1.FC(F)(F)c1cccc(CN2CCC(Nc3cc(-c4ccccc4Cl)nc4c(Br)cnn34)CC2)c1. The highest BCUT2D eigenvalue weighted by Gasteiger charge is 2.31. The van der Waals surface area contributed by atoms with Gasteiger partial charge in [-0.3, -0.25) is 4.90 Å². The van der Waals surface area contributed by atoms with Crippen LogP contribution in [-0.4, -0.2) is 83.8 Å². The van der Waals surface area contributed by atoms with Crippen LogP contribution in [-0.2, 0) is 12.7 Å². The van der Waals surface area contributed by atoms with Crippen LogP contribution in [0.3, 0.4) is 0 Å². The normalized spacial score (nSPS) is 15.9. The first-order valence-corrected chi connectivity index (χ1v) is 22.5. The summed E-state index contributed by atoms with van der Waals surface area (Å²) in [6.07, 6.45) is 3.13. The van der Waals surface area contributed by atoms with Gasteiger partial charge in [0.15, 0.2) is 11.3 Å². The molecule has 7 aromatic rings. The molecule has 0 radical (unpaired) electrons. The van der Waals surface area contributed by atoms with Crippen molar-refractivity contribution in [2.75, 3.05) is 43.4 Å². The van der Waals surface area contributed by atoms with Gasteiger partial charge in [0.25, 0.3) is 0 Å². The Kier molecular flexibility index (Phi) is 13.5. The average molecular weight is 1000 g/mol. The second kappa shape index (κ2) is 19.0. The zero-order chi connectivity index (χ0) is 42.7. The standard InChI is InChI=1S/C25H22BrClF3N5.C19H21BrClN5/c26-20-14-31-35-23(13-22(33-24(20)35)19-6-1-2-7-21(19)27)32-18-8-10-34(11-9-18)15-16-4-3-5-17(12-16)25(28,29)30;1-2-25-9-7-13(8-10-25)23-18-11-17(14-5-3-4-6-16(14)21)24-19-15(20)12-22-26(18)19/h1-7,12-14,18,32H,8-11,15H2;3-6,11-13,23H,2,7-10H2,1H3. The molecule has 0 atom stereocenters. The fourth-order valence-electron chi connectivity index (χ4n) is 7.84. The number of halogens is 7. The van der Waals surface area contributed by atoms with Crippen molar-refractivity contribution in [3.05, 3.63) is 127 Å². The van der Waals surface area contributed by atoms with Gasteiger partial charge in [0.2, 0.25) is 0 Å². The molecule has 2 saturated heterocycles. The predicted octanol–water partition coefficient (Wildman–Crippen LogP) is 11.6. The van der Waals surface area contributed by atoms with E-state index in [0.717, 1.165) is 113 Å². The minimum absolute atomic E-state index is 0.195. The molecule has 2 aliphatic rings. The number of nitrogens with zero attached hydrogens (tertiary/aromatic N) is 8. The molecule has 2 aliphatic heterocycles. The van der Waals surface area contributed by atoms with Gasteiger partial charge >= 0.3 is 6.18 Å². The van der Waals surface area contributed by atoms with E-state index in [1.165, 1.54) is 12.1 Å². The molecule has 0 unspecified atom stereocenters. The molecular weight excluding hydrogens is 956 g/mol. The van der Waals surface area contributed by atoms with Gasteiger partial charge in [0.1, 0.15) is 11.6 Å². The summed E-state index contributed by atoms with van der Waals surface area (Å²) in [5, 5.41) is 17.5. The second-order valence-electron chi connectivity index (χ2n) is 15.2. The van der Waals surface area contributed by atoms with Crippen molar-refractivity contribution in [1.82, 2.24) is 39.0 Å². The van der Waals surface area contributed by atoms with Gasteiger partial charge < -0.3 is 15.5 Å². The molecule has 0 aliphatic carbocycles. The third kappa shape index (κ3) is 10.2. The quantitative estimate of drug-likeness (QED) is 0.148. The van der Waals surface area contributed by atoms with E-state index in [4.69, 9.17) is 33.2 Å². The van der Waals surface area contributed by atoms with Crippen molar-refractivity contribution in [2.45, 2.75) is 57.4 Å². The number of likely N-dealkylation sites (tertiary alicyclic amines) is 2. The number of hydrogen-bond donors (Lipinski definition) is 2. The summed E-state index contributed by atoms with van der Waals surface area (Å²) in [6, 6.07) is 25.6. The van der Waals surface area contributed by atoms with Crippen LogP contribution in [0.5, 0.6) is 0 Å². The lowest BCUT2D eigenvalue weighted by atomic mass is 10.0. The van der Waals surface area contributed by atoms with E-state index in [0.29, 0.717) is 33.8 Å². The summed E-state index contributed by atoms with van der Waals surface area (Å²) in [4.78, 5) is 14.2. The molecule has 318 valence electrons. The highest BCUT2D eigenvalue weighted by molar-refractivity contribution is 9.11. The number of hydrogen-bond acceptors (Lipinski definition) is 8. The number of fused-ring (bicyclic) bond motifs is 2. The largest absolute Gasteiger partial charge is 0.416 e. The highest BCUT2D eigenvalue weighted by atomic mass is 79.9. The summed E-state index contributed by atoms with van der Waals surface area (Å²) in [6.45, 7) is 7.65. The van der Waals surface area contributed by atoms with E-state index >= 15 is 0 Å². The van der Waals surface area contributed by atoms with Crippen LogP contribution in [0.4, 0.5) is 24.8 Å². The van der Waals surface area contributed by atoms with Crippen molar-refractivity contribution in [3.8, 4) is 22.5 Å². The molecule has 9 rings (SSSR count). The van der Waals surface area contributed by atoms with Crippen LogP contribution in [0.25, 0.3) is 33.8 Å². The number of rotatable bonds is 9. The Balaban J connectivity index is 0.000000176. The predicted molar refractivity (Wildman–Crippen MR) is 244 cm³/mol. The molecule has 3 aromatic carbocycles. The van der Waals surface area contributed by atoms with E-state index in [1.54, 1.807) is 23.0 Å². The van der Waals surface area contributed by atoms with Crippen molar-refractivity contribution < 1.29 is 13.2 Å². The summed E-state index contributed by atoms with van der Waals surface area (Å²) in [7, 11) is 0. The topological polar surface area (TPSA) is 90.9 Å². The number of benzene rings is 3. The molecule has 0 saturated carbocycles. The third-order valence-corrected chi connectivity index (χ3v) is 12.9. The zero-order valence-corrected chi connectivity index (χ0v) is 37.9. The minimum Gasteiger partial charge on any atom is -0.367 e. The van der Waals surface area contributed by atoms with Crippen molar-refractivity contribution in [3.63, 3.8) is 0 Å². The maximum Gasteiger partial charge on any atom is 0.416 e. The molecule has 2 fully saturated rings. The fraction of sp³-hybridized carbons (Fsp3) is 0.318. The summed E-state index contributed by atoms with van der Waals surface area (Å²) < 4.78 is 44.4. The van der Waals surface area contributed by atoms with E-state index in [1.807, 2.05) is 65.2 Å². The molecule has 6 heterocycles. The molecule has 10 nitrogen and oxygen atoms in total. The van der Waals surface area contributed by atoms with E-state index in [9.17, 15) is 13.2 Å². The van der Waals surface area contributed by atoms with E-state index in [-0.39, 0.29) is 6.04 Å². The Morgan fingerprint density at radius 1 is 0.656 bits per heavy atom. The maximum atomic E-state index is 13.0. The van der Waals surface area contributed by atoms with Gasteiger partial charge in [0, 0.05) is 78.1 Å². The monoisotopic (exact) mass is 996 g/mol. The molecular formula is C44H43Br2Cl2F3N10. The molecule has 4 aromatic heterocycles. The molecule has 0 spiro atoms. The van der Waals surface area contributed by atoms with Crippen molar-refractivity contribution in [2.24, 2.45) is 0 Å². The lowest BCUT2D eigenvalue weighted by molar-refractivity contribution is -0.137. The second-order valence-corrected chi connectivity index (χ2v) is 17.7. The summed E-state index contributed by atoms with van der Waals surface area (Å²) in [5.41, 5.74) is 4.90. The van der Waals surface area contributed by atoms with Crippen LogP contribution >= 0.6 is 55.1 Å². The molecule has 2 N–H and O–H groups in total. The first kappa shape index (κ1) is 43.4. The van der Waals surface area contributed by atoms with Crippen LogP contribution < -0.4 is 10.6 Å². The fourth-order valence-corrected chi connectivity index (χ4v) is 9.00. The minimum atomic E-state index is -4.33. The first-order chi connectivity index (χ1) is 29.4. The van der Waals surface area contributed by atoms with Crippen LogP contribution in [0.15, 0.2) is 106 Å². The van der Waals surface area contributed by atoms with Crippen LogP contribution in [0.2, 0.25) is 10.0 Å². The molecule has 17 heteroatoms. The van der Waals surface area contributed by atoms with E-state index < -0.39 is 11.7 Å². The van der Waals surface area contributed by atoms with Gasteiger partial charge in [-0.25, -0.2) is 9.97 Å². The number of aromatic nitrogens is 6. The van der Waals surface area contributed by atoms with Gasteiger partial charge in [-0.05, 0) is 87.9 Å².